The lowest BCUT2D eigenvalue weighted by atomic mass is 10.2. The van der Waals surface area contributed by atoms with Gasteiger partial charge in [-0.25, -0.2) is 4.79 Å². The maximum atomic E-state index is 13.2. The van der Waals surface area contributed by atoms with E-state index in [0.717, 1.165) is 0 Å². The van der Waals surface area contributed by atoms with Gasteiger partial charge in [0.15, 0.2) is 0 Å². The van der Waals surface area contributed by atoms with Crippen LogP contribution in [0.2, 0.25) is 0 Å². The molecular formula is C11H12F2O3. The summed E-state index contributed by atoms with van der Waals surface area (Å²) in [5.41, 5.74) is 0.520. The highest BCUT2D eigenvalue weighted by molar-refractivity contribution is 5.76. The van der Waals surface area contributed by atoms with Gasteiger partial charge in [-0.1, -0.05) is 18.2 Å². The summed E-state index contributed by atoms with van der Waals surface area (Å²) in [6.07, 6.45) is -3.96. The Balaban J connectivity index is 2.80. The van der Waals surface area contributed by atoms with Crippen molar-refractivity contribution in [1.82, 2.24) is 0 Å². The quantitative estimate of drug-likeness (QED) is 0.745. The molecule has 0 N–H and O–H groups in total. The molecule has 0 aliphatic heterocycles. The van der Waals surface area contributed by atoms with Crippen LogP contribution in [0.5, 0.6) is 5.75 Å². The van der Waals surface area contributed by atoms with E-state index in [2.05, 4.69) is 9.47 Å². The normalized spacial score (nSPS) is 11.0. The van der Waals surface area contributed by atoms with Gasteiger partial charge in [-0.05, 0) is 25.5 Å². The molecule has 0 unspecified atom stereocenters. The minimum absolute atomic E-state index is 0.0412. The van der Waals surface area contributed by atoms with Gasteiger partial charge >= 0.3 is 12.1 Å². The molecule has 0 aromatic heterocycles. The lowest BCUT2D eigenvalue weighted by Gasteiger charge is -2.17. The topological polar surface area (TPSA) is 35.5 Å². The molecule has 1 rings (SSSR count). The SMILES string of the molecule is CCOC(=O)C(F)(F)Oc1ccccc1C. The van der Waals surface area contributed by atoms with Gasteiger partial charge in [0.2, 0.25) is 0 Å². The molecular weight excluding hydrogens is 218 g/mol. The molecule has 0 spiro atoms. The smallest absolute Gasteiger partial charge is 0.459 e. The Morgan fingerprint density at radius 3 is 2.56 bits per heavy atom. The first kappa shape index (κ1) is 12.4. The molecule has 1 aromatic rings. The van der Waals surface area contributed by atoms with E-state index in [4.69, 9.17) is 0 Å². The fourth-order valence-electron chi connectivity index (χ4n) is 1.07. The van der Waals surface area contributed by atoms with Crippen molar-refractivity contribution in [2.24, 2.45) is 0 Å². The number of para-hydroxylation sites is 1. The van der Waals surface area contributed by atoms with Crippen LogP contribution >= 0.6 is 0 Å². The second-order valence-electron chi connectivity index (χ2n) is 3.10. The predicted octanol–water partition coefficient (Wildman–Crippen LogP) is 2.53. The highest BCUT2D eigenvalue weighted by Gasteiger charge is 2.44. The third-order valence-corrected chi connectivity index (χ3v) is 1.84. The summed E-state index contributed by atoms with van der Waals surface area (Å²) in [5.74, 6) is -1.72. The van der Waals surface area contributed by atoms with Gasteiger partial charge in [0.05, 0.1) is 6.61 Å². The summed E-state index contributed by atoms with van der Waals surface area (Å²) >= 11 is 0. The maximum Gasteiger partial charge on any atom is 0.502 e. The summed E-state index contributed by atoms with van der Waals surface area (Å²) in [4.78, 5) is 10.9. The largest absolute Gasteiger partial charge is 0.502 e. The van der Waals surface area contributed by atoms with Crippen molar-refractivity contribution >= 4 is 5.97 Å². The number of carbonyl (C=O) groups excluding carboxylic acids is 1. The van der Waals surface area contributed by atoms with Gasteiger partial charge in [-0.2, -0.15) is 8.78 Å². The average Bonchev–Trinajstić information content (AvgIpc) is 2.21. The molecule has 0 saturated carbocycles. The van der Waals surface area contributed by atoms with E-state index in [1.54, 1.807) is 25.1 Å². The highest BCUT2D eigenvalue weighted by atomic mass is 19.3. The van der Waals surface area contributed by atoms with Crippen molar-refractivity contribution in [3.05, 3.63) is 29.8 Å². The number of aryl methyl sites for hydroxylation is 1. The molecule has 88 valence electrons. The van der Waals surface area contributed by atoms with E-state index < -0.39 is 12.1 Å². The lowest BCUT2D eigenvalue weighted by molar-refractivity contribution is -0.216. The molecule has 0 heterocycles. The molecule has 0 amide bonds. The first-order chi connectivity index (χ1) is 7.47. The molecule has 0 aliphatic rings. The fourth-order valence-corrected chi connectivity index (χ4v) is 1.07. The van der Waals surface area contributed by atoms with E-state index in [0.29, 0.717) is 5.56 Å². The molecule has 16 heavy (non-hydrogen) atoms. The minimum Gasteiger partial charge on any atom is -0.459 e. The Bertz CT molecular complexity index is 377. The number of alkyl halides is 2. The number of hydrogen-bond donors (Lipinski definition) is 0. The maximum absolute atomic E-state index is 13.2. The Labute approximate surface area is 92.0 Å². The molecule has 0 bridgehead atoms. The van der Waals surface area contributed by atoms with E-state index in [-0.39, 0.29) is 12.4 Å². The summed E-state index contributed by atoms with van der Waals surface area (Å²) in [5, 5.41) is 0. The molecule has 3 nitrogen and oxygen atoms in total. The molecule has 0 atom stereocenters. The number of rotatable bonds is 4. The van der Waals surface area contributed by atoms with E-state index in [1.807, 2.05) is 0 Å². The Morgan fingerprint density at radius 1 is 1.38 bits per heavy atom. The van der Waals surface area contributed by atoms with Gasteiger partial charge < -0.3 is 9.47 Å². The Morgan fingerprint density at radius 2 is 2.00 bits per heavy atom. The van der Waals surface area contributed by atoms with Crippen LogP contribution in [0.4, 0.5) is 8.78 Å². The zero-order valence-corrected chi connectivity index (χ0v) is 9.00. The molecule has 0 fully saturated rings. The summed E-state index contributed by atoms with van der Waals surface area (Å²) in [6, 6.07) is 6.20. The van der Waals surface area contributed by atoms with E-state index >= 15 is 0 Å². The van der Waals surface area contributed by atoms with Gasteiger partial charge in [-0.3, -0.25) is 0 Å². The van der Waals surface area contributed by atoms with Crippen LogP contribution in [0.3, 0.4) is 0 Å². The molecule has 5 heteroatoms. The van der Waals surface area contributed by atoms with Gasteiger partial charge in [0, 0.05) is 0 Å². The summed E-state index contributed by atoms with van der Waals surface area (Å²) in [6.45, 7) is 2.93. The third kappa shape index (κ3) is 2.92. The molecule has 1 aromatic carbocycles. The van der Waals surface area contributed by atoms with Crippen molar-refractivity contribution in [2.75, 3.05) is 6.61 Å². The van der Waals surface area contributed by atoms with E-state index in [9.17, 15) is 13.6 Å². The molecule has 0 saturated heterocycles. The number of halogens is 2. The van der Waals surface area contributed by atoms with Crippen LogP contribution < -0.4 is 4.74 Å². The number of esters is 1. The van der Waals surface area contributed by atoms with Crippen LogP contribution in [0.25, 0.3) is 0 Å². The first-order valence-corrected chi connectivity index (χ1v) is 4.77. The predicted molar refractivity (Wildman–Crippen MR) is 53.4 cm³/mol. The molecule has 0 radical (unpaired) electrons. The van der Waals surface area contributed by atoms with Gasteiger partial charge in [0.25, 0.3) is 0 Å². The van der Waals surface area contributed by atoms with Crippen molar-refractivity contribution in [1.29, 1.82) is 0 Å². The average molecular weight is 230 g/mol. The molecule has 0 aliphatic carbocycles. The number of benzene rings is 1. The van der Waals surface area contributed by atoms with E-state index in [1.165, 1.54) is 13.0 Å². The second kappa shape index (κ2) is 4.92. The van der Waals surface area contributed by atoms with Crippen molar-refractivity contribution in [3.63, 3.8) is 0 Å². The zero-order valence-electron chi connectivity index (χ0n) is 9.00. The van der Waals surface area contributed by atoms with Crippen LogP contribution in [0.1, 0.15) is 12.5 Å². The van der Waals surface area contributed by atoms with Crippen LogP contribution in [0, 0.1) is 6.92 Å². The van der Waals surface area contributed by atoms with Crippen molar-refractivity contribution < 1.29 is 23.0 Å². The Hall–Kier alpha value is -1.65. The Kier molecular flexibility index (Phi) is 3.82. The standard InChI is InChI=1S/C11H12F2O3/c1-3-15-10(14)11(12,13)16-9-7-5-4-6-8(9)2/h4-7H,3H2,1-2H3. The third-order valence-electron chi connectivity index (χ3n) is 1.84. The fraction of sp³-hybridized carbons (Fsp3) is 0.364. The zero-order chi connectivity index (χ0) is 12.2. The number of carbonyl (C=O) groups is 1. The van der Waals surface area contributed by atoms with Crippen LogP contribution in [-0.4, -0.2) is 18.7 Å². The number of hydrogen-bond acceptors (Lipinski definition) is 3. The van der Waals surface area contributed by atoms with Gasteiger partial charge in [-0.15, -0.1) is 0 Å². The first-order valence-electron chi connectivity index (χ1n) is 4.77. The van der Waals surface area contributed by atoms with Crippen molar-refractivity contribution in [2.45, 2.75) is 20.0 Å². The lowest BCUT2D eigenvalue weighted by Crippen LogP contribution is -2.37. The van der Waals surface area contributed by atoms with Crippen LogP contribution in [-0.2, 0) is 9.53 Å². The summed E-state index contributed by atoms with van der Waals surface area (Å²) in [7, 11) is 0. The summed E-state index contributed by atoms with van der Waals surface area (Å²) < 4.78 is 34.9. The second-order valence-corrected chi connectivity index (χ2v) is 3.10. The van der Waals surface area contributed by atoms with Crippen molar-refractivity contribution in [3.8, 4) is 5.75 Å². The van der Waals surface area contributed by atoms with Gasteiger partial charge in [0.1, 0.15) is 5.75 Å². The minimum atomic E-state index is -3.96. The monoisotopic (exact) mass is 230 g/mol. The highest BCUT2D eigenvalue weighted by Crippen LogP contribution is 2.25. The number of ether oxygens (including phenoxy) is 2. The van der Waals surface area contributed by atoms with Crippen LogP contribution in [0.15, 0.2) is 24.3 Å².